The summed E-state index contributed by atoms with van der Waals surface area (Å²) < 4.78 is 1.83. The van der Waals surface area contributed by atoms with Crippen LogP contribution in [0.1, 0.15) is 29.4 Å². The fourth-order valence-corrected chi connectivity index (χ4v) is 2.38. The molecule has 2 aromatic rings. The van der Waals surface area contributed by atoms with Gasteiger partial charge in [0.15, 0.2) is 10.9 Å². The summed E-state index contributed by atoms with van der Waals surface area (Å²) in [6.07, 6.45) is 2.70. The molecule has 1 aromatic heterocycles. The number of anilines is 1. The predicted octanol–water partition coefficient (Wildman–Crippen LogP) is 3.42. The molecule has 0 fully saturated rings. The Morgan fingerprint density at radius 2 is 2.04 bits per heavy atom. The normalized spacial score (nSPS) is 10.4. The summed E-state index contributed by atoms with van der Waals surface area (Å²) in [6, 6.07) is 7.21. The Kier molecular flexibility index (Phi) is 6.12. The molecule has 1 heterocycles. The molecule has 0 aliphatic heterocycles. The van der Waals surface area contributed by atoms with Crippen LogP contribution in [-0.4, -0.2) is 27.2 Å². The number of carbonyl (C=O) groups is 1. The van der Waals surface area contributed by atoms with Crippen LogP contribution in [0.25, 0.3) is 0 Å². The fraction of sp³-hybridized carbons (Fsp3) is 0.312. The lowest BCUT2D eigenvalue weighted by Gasteiger charge is -2.10. The Labute approximate surface area is 146 Å². The number of nitrogens with zero attached hydrogens (tertiary/aromatic N) is 2. The second-order valence-electron chi connectivity index (χ2n) is 5.19. The molecular weight excluding hydrogens is 332 g/mol. The van der Waals surface area contributed by atoms with Gasteiger partial charge in [-0.15, -0.1) is 0 Å². The SMILES string of the molecule is CC(=O)c1ccc(NC(=S)NCCCn2cc(Cl)c(C)n2)cc1. The summed E-state index contributed by atoms with van der Waals surface area (Å²) in [5.74, 6) is 0.0474. The molecule has 2 rings (SSSR count). The number of halogens is 1. The lowest BCUT2D eigenvalue weighted by atomic mass is 10.1. The number of hydrogen-bond donors (Lipinski definition) is 2. The van der Waals surface area contributed by atoms with Crippen molar-refractivity contribution in [1.82, 2.24) is 15.1 Å². The van der Waals surface area contributed by atoms with Crippen molar-refractivity contribution < 1.29 is 4.79 Å². The van der Waals surface area contributed by atoms with Crippen LogP contribution in [0.5, 0.6) is 0 Å². The zero-order valence-electron chi connectivity index (χ0n) is 13.1. The third kappa shape index (κ3) is 5.33. The van der Waals surface area contributed by atoms with Gasteiger partial charge in [-0.2, -0.15) is 5.10 Å². The number of carbonyl (C=O) groups excluding carboxylic acids is 1. The summed E-state index contributed by atoms with van der Waals surface area (Å²) in [5, 5.41) is 11.8. The fourth-order valence-electron chi connectivity index (χ4n) is 2.01. The first-order valence-corrected chi connectivity index (χ1v) is 8.10. The molecule has 0 aliphatic carbocycles. The number of aryl methyl sites for hydroxylation is 2. The summed E-state index contributed by atoms with van der Waals surface area (Å²) in [5.41, 5.74) is 2.37. The average Bonchev–Trinajstić information content (AvgIpc) is 2.83. The van der Waals surface area contributed by atoms with Gasteiger partial charge in [0.25, 0.3) is 0 Å². The lowest BCUT2D eigenvalue weighted by Crippen LogP contribution is -2.29. The van der Waals surface area contributed by atoms with Crippen LogP contribution in [0.15, 0.2) is 30.5 Å². The molecule has 0 unspecified atom stereocenters. The van der Waals surface area contributed by atoms with E-state index in [4.69, 9.17) is 23.8 Å². The quantitative estimate of drug-likeness (QED) is 0.475. The van der Waals surface area contributed by atoms with Gasteiger partial charge in [-0.05, 0) is 56.8 Å². The molecular formula is C16H19ClN4OS. The number of nitrogens with one attached hydrogen (secondary N) is 2. The summed E-state index contributed by atoms with van der Waals surface area (Å²) >= 11 is 11.2. The van der Waals surface area contributed by atoms with E-state index in [-0.39, 0.29) is 5.78 Å². The van der Waals surface area contributed by atoms with Gasteiger partial charge in [0, 0.05) is 30.5 Å². The number of Topliss-reactive ketones (excluding diaryl/α,β-unsaturated/α-hetero) is 1. The molecule has 5 nitrogen and oxygen atoms in total. The van der Waals surface area contributed by atoms with Crippen molar-refractivity contribution in [2.75, 3.05) is 11.9 Å². The molecule has 0 amide bonds. The smallest absolute Gasteiger partial charge is 0.170 e. The van der Waals surface area contributed by atoms with Crippen LogP contribution in [0.4, 0.5) is 5.69 Å². The number of aromatic nitrogens is 2. The van der Waals surface area contributed by atoms with E-state index >= 15 is 0 Å². The molecule has 122 valence electrons. The Morgan fingerprint density at radius 3 is 2.61 bits per heavy atom. The van der Waals surface area contributed by atoms with Crippen molar-refractivity contribution in [2.24, 2.45) is 0 Å². The van der Waals surface area contributed by atoms with Gasteiger partial charge >= 0.3 is 0 Å². The van der Waals surface area contributed by atoms with Gasteiger partial charge in [-0.1, -0.05) is 11.6 Å². The molecule has 0 radical (unpaired) electrons. The van der Waals surface area contributed by atoms with Crippen LogP contribution < -0.4 is 10.6 Å². The van der Waals surface area contributed by atoms with E-state index in [9.17, 15) is 4.79 Å². The van der Waals surface area contributed by atoms with Crippen molar-refractivity contribution in [1.29, 1.82) is 0 Å². The van der Waals surface area contributed by atoms with Crippen LogP contribution in [0, 0.1) is 6.92 Å². The first-order valence-electron chi connectivity index (χ1n) is 7.31. The van der Waals surface area contributed by atoms with Crippen LogP contribution in [0.3, 0.4) is 0 Å². The van der Waals surface area contributed by atoms with Gasteiger partial charge in [-0.3, -0.25) is 9.48 Å². The van der Waals surface area contributed by atoms with Crippen LogP contribution in [0.2, 0.25) is 5.02 Å². The minimum Gasteiger partial charge on any atom is -0.362 e. The Balaban J connectivity index is 1.71. The number of thiocarbonyl (C=S) groups is 1. The molecule has 0 saturated carbocycles. The van der Waals surface area contributed by atoms with E-state index in [0.717, 1.165) is 30.9 Å². The Hall–Kier alpha value is -1.92. The highest BCUT2D eigenvalue weighted by molar-refractivity contribution is 7.80. The van der Waals surface area contributed by atoms with Gasteiger partial charge in [-0.25, -0.2) is 0 Å². The average molecular weight is 351 g/mol. The maximum atomic E-state index is 11.2. The van der Waals surface area contributed by atoms with Crippen LogP contribution >= 0.6 is 23.8 Å². The monoisotopic (exact) mass is 350 g/mol. The molecule has 23 heavy (non-hydrogen) atoms. The maximum Gasteiger partial charge on any atom is 0.170 e. The van der Waals surface area contributed by atoms with E-state index in [0.29, 0.717) is 15.7 Å². The molecule has 0 bridgehead atoms. The standard InChI is InChI=1S/C16H19ClN4OS/c1-11-15(17)10-21(20-11)9-3-8-18-16(23)19-14-6-4-13(5-7-14)12(2)22/h4-7,10H,3,8-9H2,1-2H3,(H2,18,19,23). The minimum absolute atomic E-state index is 0.0474. The van der Waals surface area contributed by atoms with E-state index < -0.39 is 0 Å². The summed E-state index contributed by atoms with van der Waals surface area (Å²) in [4.78, 5) is 11.2. The Morgan fingerprint density at radius 1 is 1.35 bits per heavy atom. The molecule has 2 N–H and O–H groups in total. The number of ketones is 1. The van der Waals surface area contributed by atoms with Gasteiger partial charge in [0.1, 0.15) is 0 Å². The summed E-state index contributed by atoms with van der Waals surface area (Å²) in [6.45, 7) is 4.93. The van der Waals surface area contributed by atoms with Crippen molar-refractivity contribution in [2.45, 2.75) is 26.8 Å². The number of benzene rings is 1. The van der Waals surface area contributed by atoms with Crippen molar-refractivity contribution >= 4 is 40.4 Å². The minimum atomic E-state index is 0.0474. The second-order valence-corrected chi connectivity index (χ2v) is 6.01. The first kappa shape index (κ1) is 17.4. The highest BCUT2D eigenvalue weighted by Gasteiger charge is 2.03. The molecule has 0 spiro atoms. The molecule has 0 aliphatic rings. The van der Waals surface area contributed by atoms with E-state index in [1.54, 1.807) is 19.1 Å². The van der Waals surface area contributed by atoms with Crippen molar-refractivity contribution in [3.8, 4) is 0 Å². The largest absolute Gasteiger partial charge is 0.362 e. The molecule has 0 atom stereocenters. The topological polar surface area (TPSA) is 59.0 Å². The van der Waals surface area contributed by atoms with Gasteiger partial charge < -0.3 is 10.6 Å². The third-order valence-corrected chi connectivity index (χ3v) is 3.90. The van der Waals surface area contributed by atoms with Gasteiger partial charge in [0.2, 0.25) is 0 Å². The third-order valence-electron chi connectivity index (χ3n) is 3.29. The molecule has 7 heteroatoms. The predicted molar refractivity (Wildman–Crippen MR) is 97.3 cm³/mol. The number of rotatable bonds is 6. The highest BCUT2D eigenvalue weighted by atomic mass is 35.5. The highest BCUT2D eigenvalue weighted by Crippen LogP contribution is 2.12. The van der Waals surface area contributed by atoms with Crippen molar-refractivity contribution in [3.63, 3.8) is 0 Å². The van der Waals surface area contributed by atoms with E-state index in [1.165, 1.54) is 0 Å². The van der Waals surface area contributed by atoms with E-state index in [2.05, 4.69) is 15.7 Å². The summed E-state index contributed by atoms with van der Waals surface area (Å²) in [7, 11) is 0. The lowest BCUT2D eigenvalue weighted by molar-refractivity contribution is 0.101. The van der Waals surface area contributed by atoms with E-state index in [1.807, 2.05) is 29.9 Å². The maximum absolute atomic E-state index is 11.2. The molecule has 0 saturated heterocycles. The second kappa shape index (κ2) is 8.08. The van der Waals surface area contributed by atoms with Crippen LogP contribution in [-0.2, 0) is 6.54 Å². The van der Waals surface area contributed by atoms with Gasteiger partial charge in [0.05, 0.1) is 10.7 Å². The zero-order chi connectivity index (χ0) is 16.8. The number of hydrogen-bond acceptors (Lipinski definition) is 3. The Bertz CT molecular complexity index is 677. The zero-order valence-corrected chi connectivity index (χ0v) is 14.7. The first-order chi connectivity index (χ1) is 11.0. The van der Waals surface area contributed by atoms with Crippen molar-refractivity contribution in [3.05, 3.63) is 46.7 Å². The molecule has 1 aromatic carbocycles.